The average Bonchev–Trinajstić information content (AvgIpc) is 3.15. The highest BCUT2D eigenvalue weighted by atomic mass is 16.6. The molecule has 0 amide bonds. The maximum absolute atomic E-state index is 5.58. The first kappa shape index (κ1) is 10.9. The van der Waals surface area contributed by atoms with Crippen molar-refractivity contribution in [1.82, 2.24) is 15.5 Å². The van der Waals surface area contributed by atoms with Crippen LogP contribution in [0.3, 0.4) is 0 Å². The summed E-state index contributed by atoms with van der Waals surface area (Å²) in [4.78, 5) is 4.51. The second-order valence-corrected chi connectivity index (χ2v) is 5.31. The van der Waals surface area contributed by atoms with E-state index in [1.807, 2.05) is 0 Å². The van der Waals surface area contributed by atoms with Crippen molar-refractivity contribution in [2.24, 2.45) is 0 Å². The van der Waals surface area contributed by atoms with E-state index >= 15 is 0 Å². The van der Waals surface area contributed by atoms with Gasteiger partial charge in [0.25, 0.3) is 0 Å². The Labute approximate surface area is 105 Å². The van der Waals surface area contributed by atoms with Crippen molar-refractivity contribution in [2.75, 3.05) is 19.8 Å². The first-order valence-electron chi connectivity index (χ1n) is 6.69. The molecule has 3 saturated heterocycles. The van der Waals surface area contributed by atoms with E-state index in [-0.39, 0.29) is 6.10 Å². The number of aromatic nitrogens is 2. The van der Waals surface area contributed by atoms with E-state index < -0.39 is 0 Å². The van der Waals surface area contributed by atoms with Crippen molar-refractivity contribution in [3.8, 4) is 0 Å². The molecule has 6 heteroatoms. The van der Waals surface area contributed by atoms with Crippen molar-refractivity contribution >= 4 is 0 Å². The molecule has 4 heterocycles. The fourth-order valence-corrected chi connectivity index (χ4v) is 3.26. The maximum atomic E-state index is 5.58. The van der Waals surface area contributed by atoms with Crippen molar-refractivity contribution in [3.05, 3.63) is 11.7 Å². The lowest BCUT2D eigenvalue weighted by Crippen LogP contribution is -2.23. The van der Waals surface area contributed by atoms with Crippen molar-refractivity contribution in [2.45, 2.75) is 43.4 Å². The van der Waals surface area contributed by atoms with Gasteiger partial charge in [-0.3, -0.25) is 0 Å². The predicted molar refractivity (Wildman–Crippen MR) is 61.1 cm³/mol. The van der Waals surface area contributed by atoms with Crippen LogP contribution in [-0.2, 0) is 9.47 Å². The molecule has 6 nitrogen and oxygen atoms in total. The largest absolute Gasteiger partial charge is 0.376 e. The number of nitrogens with zero attached hydrogens (tertiary/aromatic N) is 2. The molecule has 0 radical (unpaired) electrons. The van der Waals surface area contributed by atoms with E-state index in [4.69, 9.17) is 14.0 Å². The van der Waals surface area contributed by atoms with Crippen molar-refractivity contribution in [1.29, 1.82) is 0 Å². The van der Waals surface area contributed by atoms with Crippen LogP contribution in [-0.4, -0.2) is 42.0 Å². The summed E-state index contributed by atoms with van der Waals surface area (Å²) >= 11 is 0. The first-order valence-corrected chi connectivity index (χ1v) is 6.69. The minimum absolute atomic E-state index is 0.164. The van der Waals surface area contributed by atoms with E-state index in [2.05, 4.69) is 15.5 Å². The summed E-state index contributed by atoms with van der Waals surface area (Å²) in [5.74, 6) is 1.78. The SMILES string of the molecule is C1COC(c2noc(C3CC4CCC3N4)n2)CO1. The van der Waals surface area contributed by atoms with Crippen LogP contribution >= 0.6 is 0 Å². The predicted octanol–water partition coefficient (Wildman–Crippen LogP) is 0.765. The molecular weight excluding hydrogens is 234 g/mol. The lowest BCUT2D eigenvalue weighted by atomic mass is 9.89. The highest BCUT2D eigenvalue weighted by Gasteiger charge is 2.42. The third kappa shape index (κ3) is 1.75. The molecule has 1 N–H and O–H groups in total. The Bertz CT molecular complexity index is 430. The van der Waals surface area contributed by atoms with Gasteiger partial charge in [-0.05, 0) is 19.3 Å². The topological polar surface area (TPSA) is 69.4 Å². The third-order valence-corrected chi connectivity index (χ3v) is 4.18. The summed E-state index contributed by atoms with van der Waals surface area (Å²) in [7, 11) is 0. The van der Waals surface area contributed by atoms with Crippen LogP contribution in [0.4, 0.5) is 0 Å². The molecule has 4 atom stereocenters. The van der Waals surface area contributed by atoms with E-state index in [0.717, 1.165) is 12.3 Å². The third-order valence-electron chi connectivity index (χ3n) is 4.18. The summed E-state index contributed by atoms with van der Waals surface area (Å²) < 4.78 is 16.4. The van der Waals surface area contributed by atoms with Gasteiger partial charge in [-0.15, -0.1) is 0 Å². The summed E-state index contributed by atoms with van der Waals surface area (Å²) in [6.07, 6.45) is 3.45. The standard InChI is InChI=1S/C12H17N3O3/c1-2-9-8(5-7(1)13-9)12-14-11(15-18-12)10-6-16-3-4-17-10/h7-10,13H,1-6H2. The van der Waals surface area contributed by atoms with Crippen LogP contribution in [0.2, 0.25) is 0 Å². The molecular formula is C12H17N3O3. The molecule has 3 fully saturated rings. The lowest BCUT2D eigenvalue weighted by Gasteiger charge is -2.19. The minimum atomic E-state index is -0.164. The molecule has 0 spiro atoms. The Morgan fingerprint density at radius 3 is 2.94 bits per heavy atom. The Morgan fingerprint density at radius 1 is 1.22 bits per heavy atom. The second-order valence-electron chi connectivity index (χ2n) is 5.31. The normalized spacial score (nSPS) is 39.3. The van der Waals surface area contributed by atoms with E-state index in [1.54, 1.807) is 0 Å². The van der Waals surface area contributed by atoms with Gasteiger partial charge >= 0.3 is 0 Å². The molecule has 18 heavy (non-hydrogen) atoms. The molecule has 3 aliphatic heterocycles. The van der Waals surface area contributed by atoms with Gasteiger partial charge in [0.15, 0.2) is 0 Å². The molecule has 4 rings (SSSR count). The highest BCUT2D eigenvalue weighted by Crippen LogP contribution is 2.39. The smallest absolute Gasteiger partial charge is 0.231 e. The average molecular weight is 251 g/mol. The van der Waals surface area contributed by atoms with Crippen LogP contribution in [0, 0.1) is 0 Å². The summed E-state index contributed by atoms with van der Waals surface area (Å²) in [6, 6.07) is 1.16. The van der Waals surface area contributed by atoms with Crippen LogP contribution in [0.25, 0.3) is 0 Å². The number of fused-ring (bicyclic) bond motifs is 2. The molecule has 2 bridgehead atoms. The molecule has 3 aliphatic rings. The minimum Gasteiger partial charge on any atom is -0.376 e. The summed E-state index contributed by atoms with van der Waals surface area (Å²) in [6.45, 7) is 1.77. The number of hydrogen-bond donors (Lipinski definition) is 1. The first-order chi connectivity index (χ1) is 8.90. The Hall–Kier alpha value is -0.980. The van der Waals surface area contributed by atoms with Crippen molar-refractivity contribution in [3.63, 3.8) is 0 Å². The van der Waals surface area contributed by atoms with Gasteiger partial charge in [-0.2, -0.15) is 4.98 Å². The Kier molecular flexibility index (Phi) is 2.60. The molecule has 98 valence electrons. The van der Waals surface area contributed by atoms with E-state index in [0.29, 0.717) is 43.6 Å². The number of rotatable bonds is 2. The second kappa shape index (κ2) is 4.29. The van der Waals surface area contributed by atoms with Crippen LogP contribution in [0.1, 0.15) is 43.0 Å². The van der Waals surface area contributed by atoms with Gasteiger partial charge in [0, 0.05) is 12.1 Å². The quantitative estimate of drug-likeness (QED) is 0.837. The summed E-state index contributed by atoms with van der Waals surface area (Å²) in [5.41, 5.74) is 0. The Balaban J connectivity index is 1.51. The van der Waals surface area contributed by atoms with Gasteiger partial charge in [0.05, 0.1) is 25.7 Å². The number of hydrogen-bond acceptors (Lipinski definition) is 6. The van der Waals surface area contributed by atoms with E-state index in [1.165, 1.54) is 12.8 Å². The molecule has 1 aromatic rings. The zero-order valence-electron chi connectivity index (χ0n) is 10.2. The van der Waals surface area contributed by atoms with Crippen molar-refractivity contribution < 1.29 is 14.0 Å². The molecule has 0 aliphatic carbocycles. The highest BCUT2D eigenvalue weighted by molar-refractivity contribution is 5.10. The molecule has 1 aromatic heterocycles. The van der Waals surface area contributed by atoms with Crippen LogP contribution in [0.15, 0.2) is 4.52 Å². The van der Waals surface area contributed by atoms with Crippen LogP contribution in [0.5, 0.6) is 0 Å². The van der Waals surface area contributed by atoms with Gasteiger partial charge in [0.2, 0.25) is 11.7 Å². The molecule has 4 unspecified atom stereocenters. The summed E-state index contributed by atoms with van der Waals surface area (Å²) in [5, 5.41) is 7.63. The van der Waals surface area contributed by atoms with Gasteiger partial charge in [0.1, 0.15) is 6.10 Å². The zero-order chi connectivity index (χ0) is 11.9. The number of nitrogens with one attached hydrogen (secondary N) is 1. The fraction of sp³-hybridized carbons (Fsp3) is 0.833. The maximum Gasteiger partial charge on any atom is 0.231 e. The zero-order valence-corrected chi connectivity index (χ0v) is 10.2. The van der Waals surface area contributed by atoms with Gasteiger partial charge < -0.3 is 19.3 Å². The van der Waals surface area contributed by atoms with Gasteiger partial charge in [-0.25, -0.2) is 0 Å². The monoisotopic (exact) mass is 251 g/mol. The van der Waals surface area contributed by atoms with Gasteiger partial charge in [-0.1, -0.05) is 5.16 Å². The molecule has 0 saturated carbocycles. The molecule has 0 aromatic carbocycles. The number of ether oxygens (including phenoxy) is 2. The Morgan fingerprint density at radius 2 is 2.22 bits per heavy atom. The fourth-order valence-electron chi connectivity index (χ4n) is 3.26. The lowest BCUT2D eigenvalue weighted by molar-refractivity contribution is -0.0941. The van der Waals surface area contributed by atoms with Crippen LogP contribution < -0.4 is 5.32 Å². The van der Waals surface area contributed by atoms with E-state index in [9.17, 15) is 0 Å².